The van der Waals surface area contributed by atoms with E-state index in [0.29, 0.717) is 19.5 Å². The summed E-state index contributed by atoms with van der Waals surface area (Å²) in [5.41, 5.74) is 5.09. The first-order valence-corrected chi connectivity index (χ1v) is 5.27. The van der Waals surface area contributed by atoms with Crippen LogP contribution in [0.5, 0.6) is 0 Å². The molecule has 6 heteroatoms. The van der Waals surface area contributed by atoms with E-state index >= 15 is 0 Å². The molecule has 1 unspecified atom stereocenters. The molecule has 0 saturated carbocycles. The smallest absolute Gasteiger partial charge is 0.245 e. The van der Waals surface area contributed by atoms with Crippen LogP contribution in [0.1, 0.15) is 6.42 Å². The van der Waals surface area contributed by atoms with E-state index in [4.69, 9.17) is 5.73 Å². The minimum atomic E-state index is -1.00. The number of hydrogen-bond donors (Lipinski definition) is 3. The summed E-state index contributed by atoms with van der Waals surface area (Å²) in [4.78, 5) is 11.8. The molecule has 1 saturated heterocycles. The van der Waals surface area contributed by atoms with Crippen LogP contribution in [0.2, 0.25) is 0 Å². The molecule has 1 aromatic rings. The fraction of sp³-hybridized carbons (Fsp3) is 0.364. The van der Waals surface area contributed by atoms with Gasteiger partial charge in [0.2, 0.25) is 5.91 Å². The van der Waals surface area contributed by atoms with Gasteiger partial charge in [-0.3, -0.25) is 4.79 Å². The number of benzene rings is 1. The van der Waals surface area contributed by atoms with Gasteiger partial charge >= 0.3 is 0 Å². The molecule has 1 aromatic carbocycles. The Morgan fingerprint density at radius 1 is 1.41 bits per heavy atom. The van der Waals surface area contributed by atoms with Crippen LogP contribution in [0.4, 0.5) is 14.5 Å². The summed E-state index contributed by atoms with van der Waals surface area (Å²) in [7, 11) is 0. The first-order valence-electron chi connectivity index (χ1n) is 5.27. The van der Waals surface area contributed by atoms with Gasteiger partial charge in [0.25, 0.3) is 0 Å². The largest absolute Gasteiger partial charge is 0.324 e. The number of hydrogen-bond acceptors (Lipinski definition) is 3. The molecule has 0 spiro atoms. The average Bonchev–Trinajstić information content (AvgIpc) is 2.72. The maximum absolute atomic E-state index is 12.9. The SMILES string of the molecule is NC1(C(=O)Nc2ccc(F)c(F)c2)CCNC1. The molecule has 1 aliphatic rings. The van der Waals surface area contributed by atoms with Gasteiger partial charge in [0.15, 0.2) is 11.6 Å². The number of nitrogens with one attached hydrogen (secondary N) is 2. The topological polar surface area (TPSA) is 67.2 Å². The molecule has 1 heterocycles. The summed E-state index contributed by atoms with van der Waals surface area (Å²) in [6.07, 6.45) is 0.516. The van der Waals surface area contributed by atoms with Gasteiger partial charge in [-0.25, -0.2) is 8.78 Å². The number of carbonyl (C=O) groups excluding carboxylic acids is 1. The highest BCUT2D eigenvalue weighted by molar-refractivity contribution is 5.98. The van der Waals surface area contributed by atoms with Crippen LogP contribution in [0.3, 0.4) is 0 Å². The van der Waals surface area contributed by atoms with Gasteiger partial charge in [-0.15, -0.1) is 0 Å². The van der Waals surface area contributed by atoms with Gasteiger partial charge in [-0.2, -0.15) is 0 Å². The Morgan fingerprint density at radius 3 is 2.76 bits per heavy atom. The molecule has 0 radical (unpaired) electrons. The number of nitrogens with two attached hydrogens (primary N) is 1. The summed E-state index contributed by atoms with van der Waals surface area (Å²) < 4.78 is 25.6. The second-order valence-electron chi connectivity index (χ2n) is 4.17. The second kappa shape index (κ2) is 4.38. The molecule has 92 valence electrons. The minimum absolute atomic E-state index is 0.200. The number of anilines is 1. The lowest BCUT2D eigenvalue weighted by molar-refractivity contribution is -0.120. The lowest BCUT2D eigenvalue weighted by Gasteiger charge is -2.21. The van der Waals surface area contributed by atoms with Gasteiger partial charge in [0, 0.05) is 18.3 Å². The predicted molar refractivity (Wildman–Crippen MR) is 59.4 cm³/mol. The maximum Gasteiger partial charge on any atom is 0.245 e. The van der Waals surface area contributed by atoms with Crippen molar-refractivity contribution in [2.45, 2.75) is 12.0 Å². The van der Waals surface area contributed by atoms with Crippen LogP contribution in [-0.4, -0.2) is 24.5 Å². The standard InChI is InChI=1S/C11H13F2N3O/c12-8-2-1-7(5-9(8)13)16-10(17)11(14)3-4-15-6-11/h1-2,5,15H,3-4,6,14H2,(H,16,17). The van der Waals surface area contributed by atoms with Crippen LogP contribution < -0.4 is 16.4 Å². The monoisotopic (exact) mass is 241 g/mol. The van der Waals surface area contributed by atoms with E-state index in [1.165, 1.54) is 6.07 Å². The van der Waals surface area contributed by atoms with Gasteiger partial charge in [-0.05, 0) is 25.1 Å². The summed E-state index contributed by atoms with van der Waals surface area (Å²) in [6, 6.07) is 3.18. The Hall–Kier alpha value is -1.53. The number of rotatable bonds is 2. The van der Waals surface area contributed by atoms with Crippen molar-refractivity contribution in [3.05, 3.63) is 29.8 Å². The number of amides is 1. The van der Waals surface area contributed by atoms with Crippen LogP contribution in [0, 0.1) is 11.6 Å². The molecule has 4 N–H and O–H groups in total. The van der Waals surface area contributed by atoms with Crippen molar-refractivity contribution in [1.82, 2.24) is 5.32 Å². The third kappa shape index (κ3) is 2.42. The van der Waals surface area contributed by atoms with Crippen molar-refractivity contribution < 1.29 is 13.6 Å². The Labute approximate surface area is 97.2 Å². The normalized spacial score (nSPS) is 23.7. The van der Waals surface area contributed by atoms with Crippen LogP contribution in [-0.2, 0) is 4.79 Å². The van der Waals surface area contributed by atoms with E-state index in [0.717, 1.165) is 12.1 Å². The molecule has 1 atom stereocenters. The van der Waals surface area contributed by atoms with E-state index in [1.807, 2.05) is 0 Å². The Bertz CT molecular complexity index is 444. The van der Waals surface area contributed by atoms with Gasteiger partial charge in [-0.1, -0.05) is 0 Å². The highest BCUT2D eigenvalue weighted by atomic mass is 19.2. The Balaban J connectivity index is 2.10. The molecule has 17 heavy (non-hydrogen) atoms. The third-order valence-electron chi connectivity index (χ3n) is 2.82. The highest BCUT2D eigenvalue weighted by Crippen LogP contribution is 2.17. The molecule has 4 nitrogen and oxygen atoms in total. The summed E-state index contributed by atoms with van der Waals surface area (Å²) >= 11 is 0. The Morgan fingerprint density at radius 2 is 2.18 bits per heavy atom. The summed E-state index contributed by atoms with van der Waals surface area (Å²) in [6.45, 7) is 1.05. The highest BCUT2D eigenvalue weighted by Gasteiger charge is 2.37. The van der Waals surface area contributed by atoms with Gasteiger partial charge in [0.1, 0.15) is 5.54 Å². The zero-order chi connectivity index (χ0) is 12.5. The van der Waals surface area contributed by atoms with E-state index in [2.05, 4.69) is 10.6 Å². The molecule has 1 fully saturated rings. The fourth-order valence-corrected chi connectivity index (χ4v) is 1.73. The molecule has 0 aromatic heterocycles. The zero-order valence-corrected chi connectivity index (χ0v) is 9.09. The van der Waals surface area contributed by atoms with Crippen molar-refractivity contribution in [3.8, 4) is 0 Å². The maximum atomic E-state index is 12.9. The molecule has 2 rings (SSSR count). The summed E-state index contributed by atoms with van der Waals surface area (Å²) in [5, 5.41) is 5.46. The lowest BCUT2D eigenvalue weighted by Crippen LogP contribution is -2.52. The predicted octanol–water partition coefficient (Wildman–Crippen LogP) is 0.594. The van der Waals surface area contributed by atoms with Crippen molar-refractivity contribution in [1.29, 1.82) is 0 Å². The summed E-state index contributed by atoms with van der Waals surface area (Å²) in [5.74, 6) is -2.35. The molecule has 1 amide bonds. The molecule has 0 aliphatic carbocycles. The van der Waals surface area contributed by atoms with Crippen molar-refractivity contribution in [2.24, 2.45) is 5.73 Å². The third-order valence-corrected chi connectivity index (χ3v) is 2.82. The van der Waals surface area contributed by atoms with Gasteiger partial charge < -0.3 is 16.4 Å². The number of halogens is 2. The van der Waals surface area contributed by atoms with Crippen molar-refractivity contribution in [2.75, 3.05) is 18.4 Å². The zero-order valence-electron chi connectivity index (χ0n) is 9.09. The first-order chi connectivity index (χ1) is 8.01. The minimum Gasteiger partial charge on any atom is -0.324 e. The quantitative estimate of drug-likeness (QED) is 0.710. The van der Waals surface area contributed by atoms with Gasteiger partial charge in [0.05, 0.1) is 0 Å². The van der Waals surface area contributed by atoms with Crippen LogP contribution >= 0.6 is 0 Å². The number of carbonyl (C=O) groups is 1. The Kier molecular flexibility index (Phi) is 3.08. The molecule has 1 aliphatic heterocycles. The lowest BCUT2D eigenvalue weighted by atomic mass is 9.99. The molecule has 0 bridgehead atoms. The van der Waals surface area contributed by atoms with E-state index < -0.39 is 23.1 Å². The fourth-order valence-electron chi connectivity index (χ4n) is 1.73. The van der Waals surface area contributed by atoms with Crippen molar-refractivity contribution >= 4 is 11.6 Å². The van der Waals surface area contributed by atoms with Crippen LogP contribution in [0.15, 0.2) is 18.2 Å². The second-order valence-corrected chi connectivity index (χ2v) is 4.17. The van der Waals surface area contributed by atoms with Crippen LogP contribution in [0.25, 0.3) is 0 Å². The molecular weight excluding hydrogens is 228 g/mol. The molecular formula is C11H13F2N3O. The van der Waals surface area contributed by atoms with E-state index in [1.54, 1.807) is 0 Å². The first kappa shape index (κ1) is 11.9. The van der Waals surface area contributed by atoms with E-state index in [-0.39, 0.29) is 5.69 Å². The average molecular weight is 241 g/mol. The van der Waals surface area contributed by atoms with E-state index in [9.17, 15) is 13.6 Å². The van der Waals surface area contributed by atoms with Crippen molar-refractivity contribution in [3.63, 3.8) is 0 Å².